The molecule has 0 saturated carbocycles. The molecule has 0 aromatic carbocycles. The molecule has 0 saturated heterocycles. The third kappa shape index (κ3) is 3.47. The Bertz CT molecular complexity index is 315. The van der Waals surface area contributed by atoms with E-state index >= 15 is 0 Å². The summed E-state index contributed by atoms with van der Waals surface area (Å²) in [7, 11) is 0. The van der Waals surface area contributed by atoms with E-state index in [1.165, 1.54) is 0 Å². The van der Waals surface area contributed by atoms with E-state index in [0.29, 0.717) is 30.3 Å². The van der Waals surface area contributed by atoms with Gasteiger partial charge in [0.2, 0.25) is 0 Å². The van der Waals surface area contributed by atoms with E-state index in [4.69, 9.17) is 16.3 Å². The zero-order chi connectivity index (χ0) is 12.0. The summed E-state index contributed by atoms with van der Waals surface area (Å²) in [6.07, 6.45) is 2.50. The number of aliphatic hydroxyl groups excluding tert-OH is 1. The number of hydrogen-bond donors (Lipinski definition) is 1. The van der Waals surface area contributed by atoms with Crippen molar-refractivity contribution in [2.45, 2.75) is 39.3 Å². The second-order valence-corrected chi connectivity index (χ2v) is 4.02. The van der Waals surface area contributed by atoms with Crippen LogP contribution in [-0.2, 0) is 11.3 Å². The van der Waals surface area contributed by atoms with Crippen LogP contribution in [0.2, 0.25) is 5.02 Å². The Balaban J connectivity index is 2.51. The van der Waals surface area contributed by atoms with Gasteiger partial charge in [-0.1, -0.05) is 18.5 Å². The fraction of sp³-hybridized carbons (Fsp3) is 0.727. The van der Waals surface area contributed by atoms with Crippen molar-refractivity contribution in [1.82, 2.24) is 9.78 Å². The monoisotopic (exact) mass is 246 g/mol. The molecular weight excluding hydrogens is 228 g/mol. The maximum atomic E-state index is 9.98. The molecule has 92 valence electrons. The van der Waals surface area contributed by atoms with Crippen molar-refractivity contribution < 1.29 is 9.84 Å². The van der Waals surface area contributed by atoms with Crippen molar-refractivity contribution in [2.75, 3.05) is 13.2 Å². The molecule has 1 unspecified atom stereocenters. The average molecular weight is 247 g/mol. The number of nitrogens with zero attached hydrogens (tertiary/aromatic N) is 2. The molecule has 0 aliphatic rings. The fourth-order valence-electron chi connectivity index (χ4n) is 1.53. The topological polar surface area (TPSA) is 47.3 Å². The highest BCUT2D eigenvalue weighted by molar-refractivity contribution is 6.31. The third-order valence-corrected chi connectivity index (χ3v) is 2.62. The molecule has 0 aliphatic heterocycles. The van der Waals surface area contributed by atoms with Crippen LogP contribution in [0.1, 0.15) is 38.5 Å². The summed E-state index contributed by atoms with van der Waals surface area (Å²) in [4.78, 5) is 0. The van der Waals surface area contributed by atoms with E-state index in [2.05, 4.69) is 12.0 Å². The van der Waals surface area contributed by atoms with E-state index < -0.39 is 6.10 Å². The highest BCUT2D eigenvalue weighted by atomic mass is 35.5. The fourth-order valence-corrected chi connectivity index (χ4v) is 1.80. The normalized spacial score (nSPS) is 13.0. The minimum atomic E-state index is -0.605. The molecule has 1 heterocycles. The Labute approximate surface area is 101 Å². The molecule has 5 heteroatoms. The van der Waals surface area contributed by atoms with Crippen LogP contribution >= 0.6 is 11.6 Å². The molecule has 1 aromatic heterocycles. The van der Waals surface area contributed by atoms with Crippen LogP contribution in [0.3, 0.4) is 0 Å². The van der Waals surface area contributed by atoms with Gasteiger partial charge in [-0.05, 0) is 13.3 Å². The first-order chi connectivity index (χ1) is 7.70. The van der Waals surface area contributed by atoms with Crippen LogP contribution in [0.15, 0.2) is 6.20 Å². The van der Waals surface area contributed by atoms with Gasteiger partial charge in [0.05, 0.1) is 23.0 Å². The largest absolute Gasteiger partial charge is 0.387 e. The highest BCUT2D eigenvalue weighted by Crippen LogP contribution is 2.24. The van der Waals surface area contributed by atoms with Gasteiger partial charge in [0.15, 0.2) is 0 Å². The predicted octanol–water partition coefficient (Wildman–Crippen LogP) is 2.41. The minimum Gasteiger partial charge on any atom is -0.387 e. The quantitative estimate of drug-likeness (QED) is 0.752. The lowest BCUT2D eigenvalue weighted by Gasteiger charge is -2.13. The molecule has 0 radical (unpaired) electrons. The minimum absolute atomic E-state index is 0.518. The summed E-state index contributed by atoms with van der Waals surface area (Å²) >= 11 is 5.97. The number of rotatable bonds is 7. The van der Waals surface area contributed by atoms with Gasteiger partial charge in [-0.25, -0.2) is 0 Å². The molecule has 1 atom stereocenters. The van der Waals surface area contributed by atoms with Crippen molar-refractivity contribution in [2.24, 2.45) is 0 Å². The molecule has 16 heavy (non-hydrogen) atoms. The lowest BCUT2D eigenvalue weighted by Crippen LogP contribution is -2.11. The predicted molar refractivity (Wildman–Crippen MR) is 63.6 cm³/mol. The Morgan fingerprint density at radius 2 is 2.25 bits per heavy atom. The molecular formula is C11H19ClN2O2. The molecule has 0 bridgehead atoms. The average Bonchev–Trinajstić information content (AvgIpc) is 2.65. The van der Waals surface area contributed by atoms with Crippen LogP contribution in [0.25, 0.3) is 0 Å². The Morgan fingerprint density at radius 1 is 1.50 bits per heavy atom. The van der Waals surface area contributed by atoms with E-state index in [1.807, 2.05) is 6.92 Å². The summed E-state index contributed by atoms with van der Waals surface area (Å²) in [6.45, 7) is 6.00. The third-order valence-electron chi connectivity index (χ3n) is 2.33. The van der Waals surface area contributed by atoms with Crippen LogP contribution in [-0.4, -0.2) is 28.1 Å². The van der Waals surface area contributed by atoms with Crippen molar-refractivity contribution in [3.05, 3.63) is 16.9 Å². The SMILES string of the molecule is CCCOCCC(O)c1c(Cl)cnn1CC. The maximum Gasteiger partial charge on any atom is 0.0993 e. The van der Waals surface area contributed by atoms with E-state index in [-0.39, 0.29) is 0 Å². The lowest BCUT2D eigenvalue weighted by molar-refractivity contribution is 0.0783. The molecule has 1 aromatic rings. The molecule has 0 aliphatic carbocycles. The van der Waals surface area contributed by atoms with Crippen molar-refractivity contribution in [1.29, 1.82) is 0 Å². The zero-order valence-corrected chi connectivity index (χ0v) is 10.6. The van der Waals surface area contributed by atoms with Crippen molar-refractivity contribution in [3.63, 3.8) is 0 Å². The van der Waals surface area contributed by atoms with Gasteiger partial charge < -0.3 is 9.84 Å². The summed E-state index contributed by atoms with van der Waals surface area (Å²) in [5.74, 6) is 0. The number of aliphatic hydroxyl groups is 1. The molecule has 1 rings (SSSR count). The first-order valence-electron chi connectivity index (χ1n) is 5.67. The van der Waals surface area contributed by atoms with E-state index in [9.17, 15) is 5.11 Å². The van der Waals surface area contributed by atoms with Gasteiger partial charge in [-0.3, -0.25) is 4.68 Å². The smallest absolute Gasteiger partial charge is 0.0993 e. The maximum absolute atomic E-state index is 9.98. The molecule has 0 fully saturated rings. The zero-order valence-electron chi connectivity index (χ0n) is 9.82. The Kier molecular flexibility index (Phi) is 5.80. The van der Waals surface area contributed by atoms with Crippen molar-refractivity contribution in [3.8, 4) is 0 Å². The van der Waals surface area contributed by atoms with Crippen LogP contribution in [0, 0.1) is 0 Å². The van der Waals surface area contributed by atoms with Crippen molar-refractivity contribution >= 4 is 11.6 Å². The summed E-state index contributed by atoms with van der Waals surface area (Å²) in [6, 6.07) is 0. The lowest BCUT2D eigenvalue weighted by atomic mass is 10.2. The highest BCUT2D eigenvalue weighted by Gasteiger charge is 2.17. The van der Waals surface area contributed by atoms with Crippen LogP contribution in [0.5, 0.6) is 0 Å². The number of ether oxygens (including phenoxy) is 1. The molecule has 1 N–H and O–H groups in total. The second kappa shape index (κ2) is 6.89. The number of aryl methyl sites for hydroxylation is 1. The first kappa shape index (κ1) is 13.5. The molecule has 4 nitrogen and oxygen atoms in total. The number of aromatic nitrogens is 2. The Morgan fingerprint density at radius 3 is 2.88 bits per heavy atom. The van der Waals surface area contributed by atoms with Gasteiger partial charge in [0.1, 0.15) is 0 Å². The second-order valence-electron chi connectivity index (χ2n) is 3.61. The first-order valence-corrected chi connectivity index (χ1v) is 6.05. The summed E-state index contributed by atoms with van der Waals surface area (Å²) in [5, 5.41) is 14.6. The van der Waals surface area contributed by atoms with Gasteiger partial charge in [0.25, 0.3) is 0 Å². The number of hydrogen-bond acceptors (Lipinski definition) is 3. The Hall–Kier alpha value is -0.580. The van der Waals surface area contributed by atoms with Gasteiger partial charge >= 0.3 is 0 Å². The van der Waals surface area contributed by atoms with Crippen LogP contribution in [0.4, 0.5) is 0 Å². The standard InChI is InChI=1S/C11H19ClN2O2/c1-3-6-16-7-5-10(15)11-9(12)8-13-14(11)4-2/h8,10,15H,3-7H2,1-2H3. The molecule has 0 amide bonds. The summed E-state index contributed by atoms with van der Waals surface area (Å²) < 4.78 is 7.05. The van der Waals surface area contributed by atoms with Gasteiger partial charge in [-0.15, -0.1) is 0 Å². The van der Waals surface area contributed by atoms with E-state index in [0.717, 1.165) is 13.0 Å². The number of halogens is 1. The molecule has 0 spiro atoms. The van der Waals surface area contributed by atoms with Crippen LogP contribution < -0.4 is 0 Å². The van der Waals surface area contributed by atoms with Gasteiger partial charge in [-0.2, -0.15) is 5.10 Å². The van der Waals surface area contributed by atoms with Gasteiger partial charge in [0, 0.05) is 26.2 Å². The summed E-state index contributed by atoms with van der Waals surface area (Å²) in [5.41, 5.74) is 0.685. The van der Waals surface area contributed by atoms with E-state index in [1.54, 1.807) is 10.9 Å².